The highest BCUT2D eigenvalue weighted by Crippen LogP contribution is 2.31. The summed E-state index contributed by atoms with van der Waals surface area (Å²) in [5.41, 5.74) is 0. The van der Waals surface area contributed by atoms with E-state index in [0.29, 0.717) is 4.58 Å². The van der Waals surface area contributed by atoms with Crippen LogP contribution in [0.5, 0.6) is 0 Å². The first-order valence-corrected chi connectivity index (χ1v) is 8.09. The number of hydrogen-bond donors (Lipinski definition) is 0. The molecule has 0 atom stereocenters. The van der Waals surface area contributed by atoms with Crippen LogP contribution in [0.4, 0.5) is 0 Å². The molecule has 1 saturated heterocycles. The number of unbranched alkanes of at least 4 members (excludes halogenated alkanes) is 3. The molecule has 0 N–H and O–H groups in total. The SMILES string of the molecule is CCCCC/C=C/C=C/C1SCCCS1. The summed E-state index contributed by atoms with van der Waals surface area (Å²) < 4.78 is 0.707. The van der Waals surface area contributed by atoms with Gasteiger partial charge in [0.25, 0.3) is 0 Å². The van der Waals surface area contributed by atoms with Crippen LogP contribution < -0.4 is 0 Å². The normalized spacial score (nSPS) is 19.3. The van der Waals surface area contributed by atoms with E-state index >= 15 is 0 Å². The van der Waals surface area contributed by atoms with Gasteiger partial charge < -0.3 is 0 Å². The molecule has 0 aromatic heterocycles. The summed E-state index contributed by atoms with van der Waals surface area (Å²) in [5.74, 6) is 2.67. The fraction of sp³-hybridized carbons (Fsp3) is 0.692. The highest BCUT2D eigenvalue weighted by molar-refractivity contribution is 8.17. The molecule has 0 unspecified atom stereocenters. The number of rotatable bonds is 6. The predicted molar refractivity (Wildman–Crippen MR) is 75.7 cm³/mol. The van der Waals surface area contributed by atoms with Crippen molar-refractivity contribution in [1.29, 1.82) is 0 Å². The van der Waals surface area contributed by atoms with Gasteiger partial charge in [-0.05, 0) is 30.8 Å². The van der Waals surface area contributed by atoms with Crippen molar-refractivity contribution in [1.82, 2.24) is 0 Å². The van der Waals surface area contributed by atoms with E-state index in [1.165, 1.54) is 43.6 Å². The van der Waals surface area contributed by atoms with Crippen LogP contribution in [-0.2, 0) is 0 Å². The third kappa shape index (κ3) is 7.13. The fourth-order valence-electron chi connectivity index (χ4n) is 1.46. The molecule has 15 heavy (non-hydrogen) atoms. The highest BCUT2D eigenvalue weighted by Gasteiger charge is 2.09. The number of thioether (sulfide) groups is 2. The zero-order valence-electron chi connectivity index (χ0n) is 9.65. The monoisotopic (exact) mass is 242 g/mol. The van der Waals surface area contributed by atoms with E-state index in [9.17, 15) is 0 Å². The Morgan fingerprint density at radius 1 is 1.13 bits per heavy atom. The van der Waals surface area contributed by atoms with Gasteiger partial charge >= 0.3 is 0 Å². The Kier molecular flexibility index (Phi) is 8.31. The van der Waals surface area contributed by atoms with Gasteiger partial charge in [-0.15, -0.1) is 23.5 Å². The lowest BCUT2D eigenvalue weighted by Crippen LogP contribution is -2.02. The van der Waals surface area contributed by atoms with Crippen molar-refractivity contribution in [3.63, 3.8) is 0 Å². The molecule has 1 fully saturated rings. The largest absolute Gasteiger partial charge is 0.143 e. The Balaban J connectivity index is 2.04. The molecule has 1 aliphatic heterocycles. The van der Waals surface area contributed by atoms with Crippen LogP contribution in [0, 0.1) is 0 Å². The minimum Gasteiger partial charge on any atom is -0.143 e. The molecule has 0 radical (unpaired) electrons. The van der Waals surface area contributed by atoms with E-state index < -0.39 is 0 Å². The van der Waals surface area contributed by atoms with Gasteiger partial charge in [0.1, 0.15) is 0 Å². The summed E-state index contributed by atoms with van der Waals surface area (Å²) in [4.78, 5) is 0. The van der Waals surface area contributed by atoms with E-state index in [0.717, 1.165) is 0 Å². The van der Waals surface area contributed by atoms with Crippen LogP contribution in [0.15, 0.2) is 24.3 Å². The first-order valence-electron chi connectivity index (χ1n) is 6.00. The number of hydrogen-bond acceptors (Lipinski definition) is 2. The Labute approximate surface area is 103 Å². The lowest BCUT2D eigenvalue weighted by atomic mass is 10.2. The summed E-state index contributed by atoms with van der Waals surface area (Å²) in [6.45, 7) is 2.25. The van der Waals surface area contributed by atoms with Crippen molar-refractivity contribution in [2.45, 2.75) is 43.6 Å². The highest BCUT2D eigenvalue weighted by atomic mass is 32.2. The molecule has 0 saturated carbocycles. The van der Waals surface area contributed by atoms with Gasteiger partial charge in [0.2, 0.25) is 0 Å². The summed E-state index contributed by atoms with van der Waals surface area (Å²) in [5, 5.41) is 0. The van der Waals surface area contributed by atoms with Crippen LogP contribution in [0.3, 0.4) is 0 Å². The molecule has 1 aliphatic rings. The maximum Gasteiger partial charge on any atom is 0.0685 e. The summed E-state index contributed by atoms with van der Waals surface area (Å²) >= 11 is 4.15. The molecule has 2 heteroatoms. The first kappa shape index (κ1) is 13.2. The number of allylic oxidation sites excluding steroid dienone is 3. The van der Waals surface area contributed by atoms with Crippen molar-refractivity contribution in [2.75, 3.05) is 11.5 Å². The molecule has 0 aliphatic carbocycles. The van der Waals surface area contributed by atoms with Crippen molar-refractivity contribution in [3.8, 4) is 0 Å². The fourth-order valence-corrected chi connectivity index (χ4v) is 4.09. The summed E-state index contributed by atoms with van der Waals surface area (Å²) in [7, 11) is 0. The van der Waals surface area contributed by atoms with Gasteiger partial charge in [-0.3, -0.25) is 0 Å². The van der Waals surface area contributed by atoms with E-state index in [2.05, 4.69) is 54.8 Å². The van der Waals surface area contributed by atoms with E-state index in [1.807, 2.05) is 0 Å². The van der Waals surface area contributed by atoms with Crippen LogP contribution in [0.2, 0.25) is 0 Å². The van der Waals surface area contributed by atoms with Gasteiger partial charge in [-0.2, -0.15) is 0 Å². The third-order valence-corrected chi connectivity index (χ3v) is 5.18. The summed E-state index contributed by atoms with van der Waals surface area (Å²) in [6.07, 6.45) is 15.7. The zero-order chi connectivity index (χ0) is 10.8. The van der Waals surface area contributed by atoms with Gasteiger partial charge in [0, 0.05) is 0 Å². The molecule has 0 amide bonds. The van der Waals surface area contributed by atoms with Gasteiger partial charge in [0.15, 0.2) is 0 Å². The molecule has 86 valence electrons. The van der Waals surface area contributed by atoms with Gasteiger partial charge in [-0.25, -0.2) is 0 Å². The average molecular weight is 242 g/mol. The Bertz CT molecular complexity index is 191. The van der Waals surface area contributed by atoms with Crippen LogP contribution in [0.1, 0.15) is 39.0 Å². The Hall–Kier alpha value is 0.180. The van der Waals surface area contributed by atoms with Gasteiger partial charge in [-0.1, -0.05) is 44.1 Å². The smallest absolute Gasteiger partial charge is 0.0685 e. The minimum atomic E-state index is 0.707. The molecule has 0 spiro atoms. The minimum absolute atomic E-state index is 0.707. The quantitative estimate of drug-likeness (QED) is 0.481. The maximum atomic E-state index is 2.34. The maximum absolute atomic E-state index is 2.34. The molecule has 0 bridgehead atoms. The van der Waals surface area contributed by atoms with Crippen molar-refractivity contribution in [3.05, 3.63) is 24.3 Å². The molecule has 1 rings (SSSR count). The van der Waals surface area contributed by atoms with E-state index in [1.54, 1.807) is 0 Å². The molecule has 1 heterocycles. The molecule has 0 aromatic rings. The third-order valence-electron chi connectivity index (χ3n) is 2.34. The van der Waals surface area contributed by atoms with Gasteiger partial charge in [0.05, 0.1) is 4.58 Å². The van der Waals surface area contributed by atoms with Crippen molar-refractivity contribution in [2.24, 2.45) is 0 Å². The first-order chi connectivity index (χ1) is 7.43. The average Bonchev–Trinajstić information content (AvgIpc) is 2.29. The zero-order valence-corrected chi connectivity index (χ0v) is 11.3. The second-order valence-corrected chi connectivity index (χ2v) is 6.57. The lowest BCUT2D eigenvalue weighted by Gasteiger charge is -2.16. The Morgan fingerprint density at radius 3 is 2.67 bits per heavy atom. The molecular formula is C13H22S2. The molecule has 0 nitrogen and oxygen atoms in total. The predicted octanol–water partition coefficient (Wildman–Crippen LogP) is 4.88. The molecular weight excluding hydrogens is 220 g/mol. The topological polar surface area (TPSA) is 0 Å². The summed E-state index contributed by atoms with van der Waals surface area (Å²) in [6, 6.07) is 0. The van der Waals surface area contributed by atoms with Crippen LogP contribution >= 0.6 is 23.5 Å². The second kappa shape index (κ2) is 9.41. The standard InChI is InChI=1S/C13H22S2/c1-2-3-4-5-6-7-8-10-13-14-11-9-12-15-13/h6-8,10,13H,2-5,9,11-12H2,1H3/b7-6+,10-8+. The van der Waals surface area contributed by atoms with E-state index in [4.69, 9.17) is 0 Å². The van der Waals surface area contributed by atoms with Crippen LogP contribution in [0.25, 0.3) is 0 Å². The lowest BCUT2D eigenvalue weighted by molar-refractivity contribution is 0.729. The molecule has 0 aromatic carbocycles. The second-order valence-electron chi connectivity index (χ2n) is 3.77. The Morgan fingerprint density at radius 2 is 1.93 bits per heavy atom. The van der Waals surface area contributed by atoms with Crippen molar-refractivity contribution < 1.29 is 0 Å². The van der Waals surface area contributed by atoms with Crippen LogP contribution in [-0.4, -0.2) is 16.1 Å². The van der Waals surface area contributed by atoms with Crippen molar-refractivity contribution >= 4 is 23.5 Å². The van der Waals surface area contributed by atoms with E-state index in [-0.39, 0.29) is 0 Å².